The number of aromatic nitrogens is 2. The molecular weight excluding hydrogens is 338 g/mol. The molecular formula is C22H25N3O2. The van der Waals surface area contributed by atoms with Crippen LogP contribution in [0, 0.1) is 13.8 Å². The van der Waals surface area contributed by atoms with Crippen LogP contribution in [0.25, 0.3) is 11.4 Å². The molecule has 2 heterocycles. The van der Waals surface area contributed by atoms with Crippen LogP contribution < -0.4 is 10.1 Å². The summed E-state index contributed by atoms with van der Waals surface area (Å²) in [5, 5.41) is 7.60. The summed E-state index contributed by atoms with van der Waals surface area (Å²) in [6, 6.07) is 14.3. The summed E-state index contributed by atoms with van der Waals surface area (Å²) in [6.45, 7) is 6.65. The van der Waals surface area contributed by atoms with Gasteiger partial charge in [0.15, 0.2) is 0 Å². The molecule has 0 aliphatic carbocycles. The summed E-state index contributed by atoms with van der Waals surface area (Å²) >= 11 is 0. The average molecular weight is 363 g/mol. The fraction of sp³-hybridized carbons (Fsp3) is 0.364. The highest BCUT2D eigenvalue weighted by Gasteiger charge is 2.22. The summed E-state index contributed by atoms with van der Waals surface area (Å²) in [5.41, 5.74) is 4.28. The van der Waals surface area contributed by atoms with Gasteiger partial charge >= 0.3 is 0 Å². The Kier molecular flexibility index (Phi) is 5.21. The molecule has 0 spiro atoms. The van der Waals surface area contributed by atoms with E-state index in [4.69, 9.17) is 9.26 Å². The fourth-order valence-electron chi connectivity index (χ4n) is 3.62. The molecule has 1 saturated heterocycles. The van der Waals surface area contributed by atoms with E-state index in [2.05, 4.69) is 53.6 Å². The Morgan fingerprint density at radius 2 is 1.93 bits per heavy atom. The lowest BCUT2D eigenvalue weighted by atomic mass is 10.00. The lowest BCUT2D eigenvalue weighted by Crippen LogP contribution is -2.28. The van der Waals surface area contributed by atoms with E-state index in [0.29, 0.717) is 18.3 Å². The van der Waals surface area contributed by atoms with Crippen molar-refractivity contribution in [1.82, 2.24) is 15.5 Å². The summed E-state index contributed by atoms with van der Waals surface area (Å²) in [4.78, 5) is 4.65. The van der Waals surface area contributed by atoms with Gasteiger partial charge in [-0.15, -0.1) is 0 Å². The van der Waals surface area contributed by atoms with Crippen molar-refractivity contribution in [1.29, 1.82) is 0 Å². The lowest BCUT2D eigenvalue weighted by Gasteiger charge is -2.18. The van der Waals surface area contributed by atoms with Crippen LogP contribution in [-0.4, -0.2) is 23.2 Å². The number of benzene rings is 2. The van der Waals surface area contributed by atoms with Crippen LogP contribution in [0.1, 0.15) is 41.3 Å². The van der Waals surface area contributed by atoms with Crippen LogP contribution in [0.3, 0.4) is 0 Å². The number of nitrogens with zero attached hydrogens (tertiary/aromatic N) is 2. The Balaban J connectivity index is 1.52. The molecule has 1 N–H and O–H groups in total. The topological polar surface area (TPSA) is 60.2 Å². The quantitative estimate of drug-likeness (QED) is 0.728. The standard InChI is InChI=1S/C22H25N3O2/c1-15-11-19(21-24-22(27-25-21)18-9-6-10-23-13-18)12-16(2)20(15)26-14-17-7-4-3-5-8-17/h3-5,7-8,11-12,18,23H,6,9-10,13-14H2,1-2H3/t18-/m1/s1. The minimum Gasteiger partial charge on any atom is -0.488 e. The largest absolute Gasteiger partial charge is 0.488 e. The van der Waals surface area contributed by atoms with E-state index in [1.54, 1.807) is 0 Å². The predicted molar refractivity (Wildman–Crippen MR) is 105 cm³/mol. The lowest BCUT2D eigenvalue weighted by molar-refractivity contribution is 0.302. The maximum Gasteiger partial charge on any atom is 0.231 e. The first-order valence-corrected chi connectivity index (χ1v) is 9.53. The maximum atomic E-state index is 6.07. The van der Waals surface area contributed by atoms with Crippen molar-refractivity contribution in [3.63, 3.8) is 0 Å². The summed E-state index contributed by atoms with van der Waals surface area (Å²) < 4.78 is 11.6. The predicted octanol–water partition coefficient (Wildman–Crippen LogP) is 4.40. The zero-order chi connectivity index (χ0) is 18.6. The van der Waals surface area contributed by atoms with E-state index in [9.17, 15) is 0 Å². The van der Waals surface area contributed by atoms with Crippen LogP contribution in [0.2, 0.25) is 0 Å². The van der Waals surface area contributed by atoms with Crippen LogP contribution in [0.5, 0.6) is 5.75 Å². The van der Waals surface area contributed by atoms with E-state index in [1.807, 2.05) is 18.2 Å². The minimum atomic E-state index is 0.315. The van der Waals surface area contributed by atoms with Crippen LogP contribution >= 0.6 is 0 Å². The van der Waals surface area contributed by atoms with Gasteiger partial charge in [0.2, 0.25) is 11.7 Å². The van der Waals surface area contributed by atoms with Gasteiger partial charge in [-0.1, -0.05) is 35.5 Å². The van der Waals surface area contributed by atoms with E-state index in [-0.39, 0.29) is 0 Å². The van der Waals surface area contributed by atoms with Gasteiger partial charge in [-0.25, -0.2) is 0 Å². The zero-order valence-corrected chi connectivity index (χ0v) is 15.9. The molecule has 2 aromatic carbocycles. The fourth-order valence-corrected chi connectivity index (χ4v) is 3.62. The second-order valence-corrected chi connectivity index (χ2v) is 7.21. The summed E-state index contributed by atoms with van der Waals surface area (Å²) in [5.74, 6) is 2.62. The normalized spacial score (nSPS) is 17.0. The number of ether oxygens (including phenoxy) is 1. The molecule has 3 aromatic rings. The Bertz CT molecular complexity index is 876. The Labute approximate surface area is 159 Å². The number of aryl methyl sites for hydroxylation is 2. The summed E-state index contributed by atoms with van der Waals surface area (Å²) in [7, 11) is 0. The van der Waals surface area contributed by atoms with E-state index in [0.717, 1.165) is 59.8 Å². The SMILES string of the molecule is Cc1cc(-c2noc([C@@H]3CCCNC3)n2)cc(C)c1OCc1ccccc1. The number of piperidine rings is 1. The number of rotatable bonds is 5. The molecule has 0 saturated carbocycles. The van der Waals surface area contributed by atoms with Gasteiger partial charge in [0, 0.05) is 12.1 Å². The monoisotopic (exact) mass is 363 g/mol. The first kappa shape index (κ1) is 17.7. The third-order valence-electron chi connectivity index (χ3n) is 5.03. The van der Waals surface area contributed by atoms with E-state index >= 15 is 0 Å². The molecule has 140 valence electrons. The number of hydrogen-bond donors (Lipinski definition) is 1. The van der Waals surface area contributed by atoms with Crippen molar-refractivity contribution in [2.45, 2.75) is 39.2 Å². The van der Waals surface area contributed by atoms with Crippen LogP contribution in [0.4, 0.5) is 0 Å². The first-order valence-electron chi connectivity index (χ1n) is 9.53. The number of hydrogen-bond acceptors (Lipinski definition) is 5. The van der Waals surface area contributed by atoms with Crippen molar-refractivity contribution in [3.05, 3.63) is 65.0 Å². The molecule has 0 bridgehead atoms. The highest BCUT2D eigenvalue weighted by atomic mass is 16.5. The van der Waals surface area contributed by atoms with Gasteiger partial charge < -0.3 is 14.6 Å². The molecule has 0 unspecified atom stereocenters. The average Bonchev–Trinajstić information content (AvgIpc) is 3.19. The smallest absolute Gasteiger partial charge is 0.231 e. The molecule has 1 aliphatic rings. The van der Waals surface area contributed by atoms with Gasteiger partial charge in [-0.05, 0) is 62.1 Å². The molecule has 0 radical (unpaired) electrons. The molecule has 1 atom stereocenters. The Hall–Kier alpha value is -2.66. The van der Waals surface area contributed by atoms with Gasteiger partial charge in [0.25, 0.3) is 0 Å². The highest BCUT2D eigenvalue weighted by molar-refractivity contribution is 5.61. The molecule has 1 aliphatic heterocycles. The highest BCUT2D eigenvalue weighted by Crippen LogP contribution is 2.31. The van der Waals surface area contributed by atoms with Crippen molar-refractivity contribution in [2.75, 3.05) is 13.1 Å². The van der Waals surface area contributed by atoms with E-state index < -0.39 is 0 Å². The van der Waals surface area contributed by atoms with Crippen molar-refractivity contribution < 1.29 is 9.26 Å². The van der Waals surface area contributed by atoms with Crippen LogP contribution in [0.15, 0.2) is 47.0 Å². The molecule has 27 heavy (non-hydrogen) atoms. The van der Waals surface area contributed by atoms with E-state index in [1.165, 1.54) is 0 Å². The molecule has 4 rings (SSSR count). The van der Waals surface area contributed by atoms with Crippen molar-refractivity contribution in [2.24, 2.45) is 0 Å². The van der Waals surface area contributed by atoms with Crippen molar-refractivity contribution in [3.8, 4) is 17.1 Å². The minimum absolute atomic E-state index is 0.315. The molecule has 0 amide bonds. The van der Waals surface area contributed by atoms with Crippen LogP contribution in [-0.2, 0) is 6.61 Å². The summed E-state index contributed by atoms with van der Waals surface area (Å²) in [6.07, 6.45) is 2.24. The van der Waals surface area contributed by atoms with Gasteiger partial charge in [-0.3, -0.25) is 0 Å². The molecule has 5 nitrogen and oxygen atoms in total. The first-order chi connectivity index (χ1) is 13.2. The maximum absolute atomic E-state index is 6.07. The zero-order valence-electron chi connectivity index (χ0n) is 15.9. The Morgan fingerprint density at radius 1 is 1.15 bits per heavy atom. The van der Waals surface area contributed by atoms with Gasteiger partial charge in [0.05, 0.1) is 5.92 Å². The Morgan fingerprint density at radius 3 is 2.63 bits per heavy atom. The third-order valence-corrected chi connectivity index (χ3v) is 5.03. The van der Waals surface area contributed by atoms with Crippen molar-refractivity contribution >= 4 is 0 Å². The molecule has 1 aromatic heterocycles. The van der Waals surface area contributed by atoms with Gasteiger partial charge in [0.1, 0.15) is 12.4 Å². The number of nitrogens with one attached hydrogen (secondary N) is 1. The molecule has 5 heteroatoms. The third kappa shape index (κ3) is 4.03. The second kappa shape index (κ2) is 7.92. The molecule has 1 fully saturated rings. The van der Waals surface area contributed by atoms with Gasteiger partial charge in [-0.2, -0.15) is 4.98 Å². The second-order valence-electron chi connectivity index (χ2n) is 7.21.